The van der Waals surface area contributed by atoms with Gasteiger partial charge in [-0.2, -0.15) is 0 Å². The van der Waals surface area contributed by atoms with E-state index in [0.717, 1.165) is 48.8 Å². The van der Waals surface area contributed by atoms with Crippen molar-refractivity contribution in [2.45, 2.75) is 0 Å². The van der Waals surface area contributed by atoms with Gasteiger partial charge in [0.25, 0.3) is 0 Å². The standard InChI is InChI=1S/C31H22NOP/c33-34(24-11-3-1-4-12-24,25-13-5-2-6-14-25)26-21-19-23(20-22-26)31-27-15-7-9-17-29(27)32-30-18-10-8-16-28(30)31/h1-22H. The highest BCUT2D eigenvalue weighted by atomic mass is 31.2. The van der Waals surface area contributed by atoms with Crippen LogP contribution < -0.4 is 15.9 Å². The smallest absolute Gasteiger partial charge is 0.171 e. The number of rotatable bonds is 4. The first-order valence-electron chi connectivity index (χ1n) is 11.3. The molecule has 0 saturated carbocycles. The van der Waals surface area contributed by atoms with Gasteiger partial charge in [-0.15, -0.1) is 0 Å². The highest BCUT2D eigenvalue weighted by Crippen LogP contribution is 2.43. The van der Waals surface area contributed by atoms with E-state index >= 15 is 0 Å². The van der Waals surface area contributed by atoms with Gasteiger partial charge in [0.05, 0.1) is 11.0 Å². The molecule has 0 fully saturated rings. The number of hydrogen-bond donors (Lipinski definition) is 0. The number of nitrogens with zero attached hydrogens (tertiary/aromatic N) is 1. The number of fused-ring (bicyclic) bond motifs is 2. The molecule has 0 aliphatic heterocycles. The van der Waals surface area contributed by atoms with Crippen LogP contribution in [0.15, 0.2) is 133 Å². The SMILES string of the molecule is O=P(c1ccccc1)(c1ccccc1)c1ccc(-c2c3ccccc3nc3ccccc23)cc1. The fraction of sp³-hybridized carbons (Fsp3) is 0. The minimum Gasteiger partial charge on any atom is -0.309 e. The molecule has 6 rings (SSSR count). The predicted octanol–water partition coefficient (Wildman–Crippen LogP) is 6.69. The molecule has 6 aromatic rings. The topological polar surface area (TPSA) is 30.0 Å². The van der Waals surface area contributed by atoms with E-state index in [0.29, 0.717) is 0 Å². The zero-order valence-corrected chi connectivity index (χ0v) is 19.4. The number of benzene rings is 5. The van der Waals surface area contributed by atoms with Crippen LogP contribution in [0.3, 0.4) is 0 Å². The third-order valence-corrected chi connectivity index (χ3v) is 9.42. The van der Waals surface area contributed by atoms with Crippen molar-refractivity contribution in [3.8, 4) is 11.1 Å². The van der Waals surface area contributed by atoms with Gasteiger partial charge in [0.1, 0.15) is 0 Å². The zero-order valence-electron chi connectivity index (χ0n) is 18.5. The quantitative estimate of drug-likeness (QED) is 0.219. The van der Waals surface area contributed by atoms with Gasteiger partial charge in [0.2, 0.25) is 0 Å². The van der Waals surface area contributed by atoms with Crippen molar-refractivity contribution in [1.29, 1.82) is 0 Å². The van der Waals surface area contributed by atoms with Crippen LogP contribution in [-0.2, 0) is 4.57 Å². The molecular weight excluding hydrogens is 433 g/mol. The molecule has 162 valence electrons. The second kappa shape index (κ2) is 8.41. The monoisotopic (exact) mass is 455 g/mol. The van der Waals surface area contributed by atoms with E-state index in [1.54, 1.807) is 0 Å². The summed E-state index contributed by atoms with van der Waals surface area (Å²) in [5, 5.41) is 4.74. The number of pyridine rings is 1. The van der Waals surface area contributed by atoms with Crippen LogP contribution in [0.25, 0.3) is 32.9 Å². The summed E-state index contributed by atoms with van der Waals surface area (Å²) in [4.78, 5) is 4.86. The van der Waals surface area contributed by atoms with Crippen molar-refractivity contribution in [1.82, 2.24) is 4.98 Å². The van der Waals surface area contributed by atoms with Gasteiger partial charge in [0.15, 0.2) is 7.14 Å². The number of para-hydroxylation sites is 2. The van der Waals surface area contributed by atoms with Crippen LogP contribution in [0, 0.1) is 0 Å². The summed E-state index contributed by atoms with van der Waals surface area (Å²) < 4.78 is 14.7. The molecule has 1 heterocycles. The maximum absolute atomic E-state index is 14.7. The van der Waals surface area contributed by atoms with Crippen LogP contribution >= 0.6 is 7.14 Å². The first-order valence-corrected chi connectivity index (χ1v) is 13.1. The normalized spacial score (nSPS) is 11.6. The minimum absolute atomic E-state index is 0.830. The summed E-state index contributed by atoms with van der Waals surface area (Å²) in [7, 11) is -3.00. The molecule has 0 N–H and O–H groups in total. The van der Waals surface area contributed by atoms with E-state index in [-0.39, 0.29) is 0 Å². The summed E-state index contributed by atoms with van der Waals surface area (Å²) in [5.74, 6) is 0. The second-order valence-electron chi connectivity index (χ2n) is 8.35. The Bertz CT molecular complexity index is 1560. The van der Waals surface area contributed by atoms with Crippen molar-refractivity contribution in [2.75, 3.05) is 0 Å². The van der Waals surface area contributed by atoms with Crippen molar-refractivity contribution in [3.63, 3.8) is 0 Å². The molecule has 0 atom stereocenters. The summed E-state index contributed by atoms with van der Waals surface area (Å²) in [6.07, 6.45) is 0. The molecule has 2 nitrogen and oxygen atoms in total. The average molecular weight is 455 g/mol. The highest BCUT2D eigenvalue weighted by Gasteiger charge is 2.29. The van der Waals surface area contributed by atoms with Gasteiger partial charge in [-0.05, 0) is 17.7 Å². The minimum atomic E-state index is -3.00. The number of aromatic nitrogens is 1. The van der Waals surface area contributed by atoms with E-state index in [4.69, 9.17) is 4.98 Å². The Hall–Kier alpha value is -4.00. The molecule has 0 saturated heterocycles. The molecule has 0 unspecified atom stereocenters. The first kappa shape index (κ1) is 20.6. The summed E-state index contributed by atoms with van der Waals surface area (Å²) >= 11 is 0. The van der Waals surface area contributed by atoms with E-state index < -0.39 is 7.14 Å². The Morgan fingerprint density at radius 3 is 1.35 bits per heavy atom. The molecule has 5 aromatic carbocycles. The molecule has 0 aliphatic carbocycles. The van der Waals surface area contributed by atoms with Crippen molar-refractivity contribution in [2.24, 2.45) is 0 Å². The lowest BCUT2D eigenvalue weighted by Crippen LogP contribution is -2.24. The Morgan fingerprint density at radius 1 is 0.441 bits per heavy atom. The van der Waals surface area contributed by atoms with Crippen molar-refractivity contribution >= 4 is 44.9 Å². The van der Waals surface area contributed by atoms with E-state index in [1.807, 2.05) is 84.9 Å². The lowest BCUT2D eigenvalue weighted by Gasteiger charge is -2.20. The van der Waals surface area contributed by atoms with Crippen LogP contribution in [0.5, 0.6) is 0 Å². The lowest BCUT2D eigenvalue weighted by molar-refractivity contribution is 0.592. The maximum atomic E-state index is 14.7. The summed E-state index contributed by atoms with van der Waals surface area (Å²) in [6, 6.07) is 44.3. The van der Waals surface area contributed by atoms with Crippen molar-refractivity contribution < 1.29 is 4.57 Å². The molecule has 0 spiro atoms. The molecule has 34 heavy (non-hydrogen) atoms. The Labute approximate surface area is 198 Å². The molecule has 3 heteroatoms. The molecular formula is C31H22NOP. The molecule has 1 aromatic heterocycles. The Morgan fingerprint density at radius 2 is 0.853 bits per heavy atom. The number of hydrogen-bond acceptors (Lipinski definition) is 2. The zero-order chi connectivity index (χ0) is 23.0. The maximum Gasteiger partial charge on any atom is 0.171 e. The lowest BCUT2D eigenvalue weighted by atomic mass is 9.96. The van der Waals surface area contributed by atoms with Crippen LogP contribution in [0.1, 0.15) is 0 Å². The van der Waals surface area contributed by atoms with E-state index in [2.05, 4.69) is 48.5 Å². The van der Waals surface area contributed by atoms with Crippen LogP contribution in [-0.4, -0.2) is 4.98 Å². The third kappa shape index (κ3) is 3.36. The molecule has 0 amide bonds. The summed E-state index contributed by atoms with van der Waals surface area (Å²) in [6.45, 7) is 0. The fourth-order valence-corrected chi connectivity index (χ4v) is 7.36. The van der Waals surface area contributed by atoms with Crippen LogP contribution in [0.4, 0.5) is 0 Å². The van der Waals surface area contributed by atoms with E-state index in [9.17, 15) is 4.57 Å². The third-order valence-electron chi connectivity index (χ3n) is 6.35. The largest absolute Gasteiger partial charge is 0.309 e. The predicted molar refractivity (Wildman–Crippen MR) is 144 cm³/mol. The van der Waals surface area contributed by atoms with Gasteiger partial charge >= 0.3 is 0 Å². The van der Waals surface area contributed by atoms with Gasteiger partial charge < -0.3 is 4.57 Å². The van der Waals surface area contributed by atoms with Gasteiger partial charge in [-0.3, -0.25) is 0 Å². The average Bonchev–Trinajstić information content (AvgIpc) is 2.92. The van der Waals surface area contributed by atoms with Crippen molar-refractivity contribution in [3.05, 3.63) is 133 Å². The fourth-order valence-electron chi connectivity index (χ4n) is 4.71. The molecule has 0 bridgehead atoms. The second-order valence-corrected chi connectivity index (χ2v) is 11.1. The van der Waals surface area contributed by atoms with Gasteiger partial charge in [0, 0.05) is 32.2 Å². The van der Waals surface area contributed by atoms with Gasteiger partial charge in [-0.25, -0.2) is 4.98 Å². The highest BCUT2D eigenvalue weighted by molar-refractivity contribution is 7.85. The van der Waals surface area contributed by atoms with Gasteiger partial charge in [-0.1, -0.05) is 121 Å². The van der Waals surface area contributed by atoms with Crippen LogP contribution in [0.2, 0.25) is 0 Å². The molecule has 0 aliphatic rings. The Kier molecular flexibility index (Phi) is 5.09. The first-order chi connectivity index (χ1) is 16.7. The summed E-state index contributed by atoms with van der Waals surface area (Å²) in [5.41, 5.74) is 4.19. The Balaban J connectivity index is 1.56. The molecule has 0 radical (unpaired) electrons. The van der Waals surface area contributed by atoms with E-state index in [1.165, 1.54) is 0 Å².